The van der Waals surface area contributed by atoms with Crippen molar-refractivity contribution in [3.8, 4) is 6.07 Å². The maximum absolute atomic E-state index is 12.1. The number of hydrogen-bond donors (Lipinski definition) is 1. The molecule has 19 heavy (non-hydrogen) atoms. The lowest BCUT2D eigenvalue weighted by Crippen LogP contribution is -2.25. The Morgan fingerprint density at radius 2 is 2.21 bits per heavy atom. The number of nitriles is 1. The first-order valence-corrected chi connectivity index (χ1v) is 7.61. The molecular formula is C14H17N3OS. The molecule has 1 amide bonds. The van der Waals surface area contributed by atoms with Crippen molar-refractivity contribution in [2.75, 3.05) is 18.0 Å². The second kappa shape index (κ2) is 4.95. The number of fused-ring (bicyclic) bond motifs is 1. The lowest BCUT2D eigenvalue weighted by atomic mass is 9.96. The molecule has 1 fully saturated rings. The first-order valence-electron chi connectivity index (χ1n) is 6.79. The topological polar surface area (TPSA) is 70.1 Å². The molecule has 1 aliphatic carbocycles. The van der Waals surface area contributed by atoms with Gasteiger partial charge in [-0.3, -0.25) is 4.79 Å². The van der Waals surface area contributed by atoms with Crippen molar-refractivity contribution in [1.29, 1.82) is 5.26 Å². The summed E-state index contributed by atoms with van der Waals surface area (Å²) in [5, 5.41) is 10.3. The van der Waals surface area contributed by atoms with Crippen molar-refractivity contribution < 1.29 is 4.79 Å². The third-order valence-corrected chi connectivity index (χ3v) is 5.36. The lowest BCUT2D eigenvalue weighted by Gasteiger charge is -2.14. The van der Waals surface area contributed by atoms with Gasteiger partial charge in [-0.15, -0.1) is 11.3 Å². The SMILES string of the molecule is N#Cc1c(N2CC(CN)CC2=O)sc2c1CCCC2. The molecule has 0 radical (unpaired) electrons. The number of thiophene rings is 1. The number of carbonyl (C=O) groups excluding carboxylic acids is 1. The van der Waals surface area contributed by atoms with Crippen LogP contribution in [-0.4, -0.2) is 19.0 Å². The number of nitrogens with zero attached hydrogens (tertiary/aromatic N) is 2. The Labute approximate surface area is 116 Å². The number of hydrogen-bond acceptors (Lipinski definition) is 4. The molecule has 0 spiro atoms. The van der Waals surface area contributed by atoms with E-state index in [1.807, 2.05) is 0 Å². The minimum Gasteiger partial charge on any atom is -0.330 e. The minimum absolute atomic E-state index is 0.116. The van der Waals surface area contributed by atoms with Crippen molar-refractivity contribution in [2.45, 2.75) is 32.1 Å². The molecule has 0 bridgehead atoms. The molecule has 100 valence electrons. The first-order chi connectivity index (χ1) is 9.24. The van der Waals surface area contributed by atoms with Crippen LogP contribution in [0, 0.1) is 17.2 Å². The van der Waals surface area contributed by atoms with Crippen LogP contribution in [0.5, 0.6) is 0 Å². The summed E-state index contributed by atoms with van der Waals surface area (Å²) in [6.45, 7) is 1.21. The van der Waals surface area contributed by atoms with Crippen LogP contribution >= 0.6 is 11.3 Å². The van der Waals surface area contributed by atoms with Crippen molar-refractivity contribution in [3.63, 3.8) is 0 Å². The third-order valence-electron chi connectivity index (χ3n) is 4.05. The smallest absolute Gasteiger partial charge is 0.228 e. The number of aryl methyl sites for hydroxylation is 1. The fourth-order valence-electron chi connectivity index (χ4n) is 2.99. The van der Waals surface area contributed by atoms with Crippen molar-refractivity contribution in [3.05, 3.63) is 16.0 Å². The maximum Gasteiger partial charge on any atom is 0.228 e. The van der Waals surface area contributed by atoms with Gasteiger partial charge in [0, 0.05) is 17.8 Å². The number of amides is 1. The Hall–Kier alpha value is -1.38. The van der Waals surface area contributed by atoms with Gasteiger partial charge in [0.1, 0.15) is 11.1 Å². The molecule has 1 aliphatic heterocycles. The van der Waals surface area contributed by atoms with Crippen LogP contribution in [0.2, 0.25) is 0 Å². The van der Waals surface area contributed by atoms with Gasteiger partial charge in [-0.25, -0.2) is 0 Å². The largest absolute Gasteiger partial charge is 0.330 e. The molecule has 0 aromatic carbocycles. The van der Waals surface area contributed by atoms with Gasteiger partial charge in [0.05, 0.1) is 5.56 Å². The molecule has 1 saturated heterocycles. The minimum atomic E-state index is 0.116. The molecule has 1 aromatic heterocycles. The number of carbonyl (C=O) groups is 1. The lowest BCUT2D eigenvalue weighted by molar-refractivity contribution is -0.117. The summed E-state index contributed by atoms with van der Waals surface area (Å²) in [6, 6.07) is 2.32. The predicted molar refractivity (Wildman–Crippen MR) is 75.2 cm³/mol. The fraction of sp³-hybridized carbons (Fsp3) is 0.571. The van der Waals surface area contributed by atoms with E-state index >= 15 is 0 Å². The van der Waals surface area contributed by atoms with Crippen molar-refractivity contribution >= 4 is 22.2 Å². The maximum atomic E-state index is 12.1. The Morgan fingerprint density at radius 1 is 1.42 bits per heavy atom. The molecular weight excluding hydrogens is 258 g/mol. The average molecular weight is 275 g/mol. The predicted octanol–water partition coefficient (Wildman–Crippen LogP) is 1.81. The number of rotatable bonds is 2. The zero-order valence-corrected chi connectivity index (χ0v) is 11.6. The van der Waals surface area contributed by atoms with Gasteiger partial charge >= 0.3 is 0 Å². The summed E-state index contributed by atoms with van der Waals surface area (Å²) in [5.41, 5.74) is 7.60. The van der Waals surface area contributed by atoms with Crippen LogP contribution < -0.4 is 10.6 Å². The molecule has 3 rings (SSSR count). The summed E-state index contributed by atoms with van der Waals surface area (Å²) in [5.74, 6) is 0.351. The number of anilines is 1. The van der Waals surface area contributed by atoms with Crippen LogP contribution in [0.1, 0.15) is 35.3 Å². The average Bonchev–Trinajstić information content (AvgIpc) is 2.98. The van der Waals surface area contributed by atoms with E-state index in [1.165, 1.54) is 16.9 Å². The van der Waals surface area contributed by atoms with Crippen LogP contribution in [-0.2, 0) is 17.6 Å². The summed E-state index contributed by atoms with van der Waals surface area (Å²) < 4.78 is 0. The van der Waals surface area contributed by atoms with Gasteiger partial charge in [0.15, 0.2) is 0 Å². The van der Waals surface area contributed by atoms with Crippen LogP contribution in [0.25, 0.3) is 0 Å². The summed E-state index contributed by atoms with van der Waals surface area (Å²) in [7, 11) is 0. The Bertz CT molecular complexity index is 558. The highest BCUT2D eigenvalue weighted by atomic mass is 32.1. The zero-order valence-electron chi connectivity index (χ0n) is 10.8. The van der Waals surface area contributed by atoms with E-state index in [0.717, 1.165) is 29.8 Å². The van der Waals surface area contributed by atoms with E-state index in [0.29, 0.717) is 19.5 Å². The van der Waals surface area contributed by atoms with Crippen LogP contribution in [0.3, 0.4) is 0 Å². The van der Waals surface area contributed by atoms with Gasteiger partial charge in [0.25, 0.3) is 0 Å². The Morgan fingerprint density at radius 3 is 2.89 bits per heavy atom. The van der Waals surface area contributed by atoms with Crippen LogP contribution in [0.15, 0.2) is 0 Å². The normalized spacial score (nSPS) is 22.4. The van der Waals surface area contributed by atoms with Crippen LogP contribution in [0.4, 0.5) is 5.00 Å². The van der Waals surface area contributed by atoms with Gasteiger partial charge < -0.3 is 10.6 Å². The molecule has 2 N–H and O–H groups in total. The standard InChI is InChI=1S/C14H17N3OS/c15-6-9-5-13(18)17(8-9)14-11(7-16)10-3-1-2-4-12(10)19-14/h9H,1-6,8,15H2. The van der Waals surface area contributed by atoms with E-state index in [4.69, 9.17) is 5.73 Å². The first kappa shape index (κ1) is 12.6. The van der Waals surface area contributed by atoms with Gasteiger partial charge in [-0.2, -0.15) is 5.26 Å². The molecule has 2 aliphatic rings. The summed E-state index contributed by atoms with van der Waals surface area (Å²) in [6.07, 6.45) is 4.90. The monoisotopic (exact) mass is 275 g/mol. The Balaban J connectivity index is 1.99. The van der Waals surface area contributed by atoms with Crippen molar-refractivity contribution in [1.82, 2.24) is 0 Å². The summed E-state index contributed by atoms with van der Waals surface area (Å²) >= 11 is 1.64. The molecule has 0 saturated carbocycles. The highest BCUT2D eigenvalue weighted by Crippen LogP contribution is 2.41. The van der Waals surface area contributed by atoms with E-state index in [2.05, 4.69) is 6.07 Å². The second-order valence-corrected chi connectivity index (χ2v) is 6.40. The Kier molecular flexibility index (Phi) is 3.29. The van der Waals surface area contributed by atoms with Gasteiger partial charge in [-0.1, -0.05) is 0 Å². The number of nitrogens with two attached hydrogens (primary N) is 1. The van der Waals surface area contributed by atoms with E-state index < -0.39 is 0 Å². The molecule has 1 atom stereocenters. The fourth-order valence-corrected chi connectivity index (χ4v) is 4.36. The zero-order chi connectivity index (χ0) is 13.4. The molecule has 1 aromatic rings. The van der Waals surface area contributed by atoms with Gasteiger partial charge in [0.2, 0.25) is 5.91 Å². The van der Waals surface area contributed by atoms with E-state index in [9.17, 15) is 10.1 Å². The summed E-state index contributed by atoms with van der Waals surface area (Å²) in [4.78, 5) is 15.2. The van der Waals surface area contributed by atoms with Gasteiger partial charge in [-0.05, 0) is 43.7 Å². The quantitative estimate of drug-likeness (QED) is 0.895. The highest BCUT2D eigenvalue weighted by Gasteiger charge is 2.34. The van der Waals surface area contributed by atoms with E-state index in [-0.39, 0.29) is 11.8 Å². The molecule has 5 heteroatoms. The molecule has 1 unspecified atom stereocenters. The highest BCUT2D eigenvalue weighted by molar-refractivity contribution is 7.16. The molecule has 4 nitrogen and oxygen atoms in total. The molecule has 2 heterocycles. The van der Waals surface area contributed by atoms with Crippen molar-refractivity contribution in [2.24, 2.45) is 11.7 Å². The van der Waals surface area contributed by atoms with E-state index in [1.54, 1.807) is 16.2 Å². The third kappa shape index (κ3) is 2.05. The second-order valence-electron chi connectivity index (χ2n) is 5.31.